The number of amides is 2. The Morgan fingerprint density at radius 2 is 2.09 bits per heavy atom. The summed E-state index contributed by atoms with van der Waals surface area (Å²) in [5.74, 6) is -0.694. The fourth-order valence-corrected chi connectivity index (χ4v) is 4.91. The van der Waals surface area contributed by atoms with Crippen molar-refractivity contribution in [3.63, 3.8) is 0 Å². The van der Waals surface area contributed by atoms with Crippen LogP contribution >= 0.6 is 11.8 Å². The predicted molar refractivity (Wildman–Crippen MR) is 126 cm³/mol. The first kappa shape index (κ1) is 20.7. The lowest BCUT2D eigenvalue weighted by atomic mass is 9.98. The number of piperidine rings is 1. The molecule has 162 valence electrons. The van der Waals surface area contributed by atoms with Crippen molar-refractivity contribution in [2.75, 3.05) is 18.0 Å². The van der Waals surface area contributed by atoms with Gasteiger partial charge in [0.1, 0.15) is 5.82 Å². The first-order valence-electron chi connectivity index (χ1n) is 10.4. The smallest absolute Gasteiger partial charge is 0.290 e. The third kappa shape index (κ3) is 3.99. The molecule has 0 spiro atoms. The number of pyridine rings is 1. The quantitative estimate of drug-likeness (QED) is 0.581. The number of aromatic nitrogens is 1. The largest absolute Gasteiger partial charge is 0.368 e. The lowest BCUT2D eigenvalue weighted by molar-refractivity contribution is -0.115. The van der Waals surface area contributed by atoms with Crippen LogP contribution in [0.1, 0.15) is 18.4 Å². The molecule has 0 unspecified atom stereocenters. The molecule has 0 saturated carbocycles. The number of hydrogen-bond donors (Lipinski definition) is 2. The van der Waals surface area contributed by atoms with E-state index in [4.69, 9.17) is 5.73 Å². The summed E-state index contributed by atoms with van der Waals surface area (Å²) >= 11 is 0.862. The second-order valence-electron chi connectivity index (χ2n) is 8.01. The minimum Gasteiger partial charge on any atom is -0.368 e. The highest BCUT2D eigenvalue weighted by molar-refractivity contribution is 8.18. The van der Waals surface area contributed by atoms with Crippen LogP contribution in [0.25, 0.3) is 28.1 Å². The number of carbonyl (C=O) groups excluding carboxylic acids is 2. The van der Waals surface area contributed by atoms with Crippen molar-refractivity contribution >= 4 is 45.6 Å². The summed E-state index contributed by atoms with van der Waals surface area (Å²) in [6, 6.07) is 12.9. The van der Waals surface area contributed by atoms with Crippen LogP contribution in [0.2, 0.25) is 0 Å². The van der Waals surface area contributed by atoms with Crippen LogP contribution in [0.15, 0.2) is 53.6 Å². The highest BCUT2D eigenvalue weighted by atomic mass is 32.2. The minimum absolute atomic E-state index is 0.0647. The molecule has 32 heavy (non-hydrogen) atoms. The number of anilines is 1. The highest BCUT2D eigenvalue weighted by Crippen LogP contribution is 2.33. The van der Waals surface area contributed by atoms with E-state index in [1.165, 1.54) is 0 Å². The Balaban J connectivity index is 1.52. The monoisotopic (exact) mass is 448 g/mol. The summed E-state index contributed by atoms with van der Waals surface area (Å²) in [6.07, 6.45) is 5.21. The van der Waals surface area contributed by atoms with Gasteiger partial charge in [-0.15, -0.1) is 0 Å². The first-order chi connectivity index (χ1) is 15.5. The molecule has 3 N–H and O–H groups in total. The average Bonchev–Trinajstić information content (AvgIpc) is 3.09. The summed E-state index contributed by atoms with van der Waals surface area (Å²) in [5.41, 5.74) is 9.67. The van der Waals surface area contributed by atoms with Gasteiger partial charge in [0.25, 0.3) is 11.1 Å². The third-order valence-corrected chi connectivity index (χ3v) is 6.55. The molecule has 0 radical (unpaired) electrons. The molecule has 2 fully saturated rings. The molecule has 3 heterocycles. The summed E-state index contributed by atoms with van der Waals surface area (Å²) in [4.78, 5) is 30.1. The third-order valence-electron chi connectivity index (χ3n) is 5.74. The van der Waals surface area contributed by atoms with E-state index < -0.39 is 5.91 Å². The maximum Gasteiger partial charge on any atom is 0.290 e. The second kappa shape index (κ2) is 8.37. The van der Waals surface area contributed by atoms with E-state index in [1.54, 1.807) is 18.3 Å². The Labute approximate surface area is 188 Å². The van der Waals surface area contributed by atoms with Crippen molar-refractivity contribution in [3.05, 3.63) is 64.9 Å². The number of carbonyl (C=O) groups is 2. The van der Waals surface area contributed by atoms with Crippen molar-refractivity contribution in [1.29, 1.82) is 0 Å². The minimum atomic E-state index is -0.413. The Morgan fingerprint density at radius 3 is 2.84 bits per heavy atom. The first-order valence-corrected chi connectivity index (χ1v) is 11.2. The van der Waals surface area contributed by atoms with Gasteiger partial charge in [-0.1, -0.05) is 18.2 Å². The van der Waals surface area contributed by atoms with E-state index in [2.05, 4.69) is 10.3 Å². The van der Waals surface area contributed by atoms with Crippen molar-refractivity contribution < 1.29 is 14.0 Å². The molecule has 8 heteroatoms. The van der Waals surface area contributed by atoms with Crippen LogP contribution in [0.3, 0.4) is 0 Å². The zero-order valence-corrected chi connectivity index (χ0v) is 18.0. The fraction of sp³-hybridized carbons (Fsp3) is 0.208. The van der Waals surface area contributed by atoms with Crippen molar-refractivity contribution in [1.82, 2.24) is 10.3 Å². The van der Waals surface area contributed by atoms with E-state index in [0.717, 1.165) is 53.2 Å². The highest BCUT2D eigenvalue weighted by Gasteiger charge is 2.25. The van der Waals surface area contributed by atoms with E-state index in [0.29, 0.717) is 22.7 Å². The van der Waals surface area contributed by atoms with Gasteiger partial charge in [0.2, 0.25) is 0 Å². The molecule has 1 aromatic heterocycles. The van der Waals surface area contributed by atoms with Crippen molar-refractivity contribution in [2.45, 2.75) is 18.9 Å². The molecule has 5 rings (SSSR count). The molecule has 2 saturated heterocycles. The summed E-state index contributed by atoms with van der Waals surface area (Å²) in [6.45, 7) is 1.45. The molecule has 1 atom stereocenters. The number of hydrogen-bond acceptors (Lipinski definition) is 6. The molecule has 2 aliphatic heterocycles. The van der Waals surface area contributed by atoms with Crippen molar-refractivity contribution in [3.8, 4) is 11.1 Å². The molecule has 3 aromatic rings. The zero-order valence-electron chi connectivity index (χ0n) is 17.2. The number of rotatable bonds is 3. The molecule has 2 amide bonds. The van der Waals surface area contributed by atoms with Gasteiger partial charge in [-0.25, -0.2) is 4.39 Å². The number of halogens is 1. The second-order valence-corrected chi connectivity index (χ2v) is 9.02. The predicted octanol–water partition coefficient (Wildman–Crippen LogP) is 4.29. The van der Waals surface area contributed by atoms with E-state index in [1.807, 2.05) is 41.3 Å². The molecule has 0 bridgehead atoms. The molecular weight excluding hydrogens is 427 g/mol. The summed E-state index contributed by atoms with van der Waals surface area (Å²) in [5, 5.41) is 2.69. The Kier molecular flexibility index (Phi) is 5.40. The van der Waals surface area contributed by atoms with Gasteiger partial charge in [0.15, 0.2) is 0 Å². The molecular formula is C24H21FN4O2S. The van der Waals surface area contributed by atoms with Crippen LogP contribution in [0.5, 0.6) is 0 Å². The maximum absolute atomic E-state index is 15.1. The van der Waals surface area contributed by atoms with Gasteiger partial charge in [-0.3, -0.25) is 19.9 Å². The summed E-state index contributed by atoms with van der Waals surface area (Å²) < 4.78 is 15.1. The van der Waals surface area contributed by atoms with Gasteiger partial charge in [0.05, 0.1) is 16.1 Å². The van der Waals surface area contributed by atoms with Gasteiger partial charge in [-0.2, -0.15) is 0 Å². The van der Waals surface area contributed by atoms with Crippen LogP contribution in [0, 0.1) is 5.82 Å². The SMILES string of the molecule is N[C@@H]1CCCN(c2ccc(-c3cccc4ncc(/C=C5\SC(=O)NC5=O)cc34)cc2F)C1. The number of nitrogens with two attached hydrogens (primary N) is 1. The van der Waals surface area contributed by atoms with Gasteiger partial charge >= 0.3 is 0 Å². The van der Waals surface area contributed by atoms with Gasteiger partial charge in [0, 0.05) is 30.7 Å². The topological polar surface area (TPSA) is 88.3 Å². The molecule has 6 nitrogen and oxygen atoms in total. The van der Waals surface area contributed by atoms with E-state index >= 15 is 4.39 Å². The van der Waals surface area contributed by atoms with E-state index in [9.17, 15) is 9.59 Å². The lowest BCUT2D eigenvalue weighted by Gasteiger charge is -2.32. The zero-order chi connectivity index (χ0) is 22.2. The Morgan fingerprint density at radius 1 is 1.22 bits per heavy atom. The van der Waals surface area contributed by atoms with Gasteiger partial charge < -0.3 is 10.6 Å². The van der Waals surface area contributed by atoms with Crippen LogP contribution in [-0.4, -0.2) is 35.3 Å². The molecule has 2 aliphatic rings. The summed E-state index contributed by atoms with van der Waals surface area (Å²) in [7, 11) is 0. The number of nitrogens with zero attached hydrogens (tertiary/aromatic N) is 2. The number of fused-ring (bicyclic) bond motifs is 1. The van der Waals surface area contributed by atoms with Crippen LogP contribution in [-0.2, 0) is 4.79 Å². The normalized spacial score (nSPS) is 20.2. The fourth-order valence-electron chi connectivity index (χ4n) is 4.23. The number of thioether (sulfide) groups is 1. The van der Waals surface area contributed by atoms with Crippen LogP contribution in [0.4, 0.5) is 14.9 Å². The Hall–Kier alpha value is -3.23. The van der Waals surface area contributed by atoms with Crippen LogP contribution < -0.4 is 16.0 Å². The van der Waals surface area contributed by atoms with E-state index in [-0.39, 0.29) is 17.1 Å². The van der Waals surface area contributed by atoms with Gasteiger partial charge in [-0.05, 0) is 71.6 Å². The average molecular weight is 449 g/mol. The molecule has 0 aliphatic carbocycles. The number of nitrogens with one attached hydrogen (secondary N) is 1. The maximum atomic E-state index is 15.1. The molecule has 2 aromatic carbocycles. The standard InChI is InChI=1S/C24H21FN4O2S/c25-19-11-15(6-7-21(19)29-8-2-3-16(26)13-29)17-4-1-5-20-18(17)9-14(12-27-20)10-22-23(30)28-24(31)32-22/h1,4-7,9-12,16H,2-3,8,13,26H2,(H,28,30,31)/b22-10-/t16-/m1/s1. The number of imide groups is 1. The lowest BCUT2D eigenvalue weighted by Crippen LogP contribution is -2.43. The van der Waals surface area contributed by atoms with Crippen molar-refractivity contribution in [2.24, 2.45) is 5.73 Å². The number of benzene rings is 2. The Bertz CT molecular complexity index is 1280.